The van der Waals surface area contributed by atoms with Gasteiger partial charge in [0, 0.05) is 0 Å². The Kier molecular flexibility index (Phi) is 5.48. The maximum Gasteiger partial charge on any atom is 0.115 e. The van der Waals surface area contributed by atoms with E-state index in [1.165, 1.54) is 38.5 Å². The van der Waals surface area contributed by atoms with E-state index in [-0.39, 0.29) is 11.5 Å². The lowest BCUT2D eigenvalue weighted by Gasteiger charge is -2.05. The van der Waals surface area contributed by atoms with Crippen molar-refractivity contribution >= 4 is 0 Å². The number of rotatable bonds is 1. The highest BCUT2D eigenvalue weighted by molar-refractivity contribution is 5.64. The molecule has 0 saturated heterocycles. The minimum Gasteiger partial charge on any atom is -0.508 e. The average molecular weight is 270 g/mol. The molecule has 1 saturated carbocycles. The third kappa shape index (κ3) is 4.61. The van der Waals surface area contributed by atoms with Gasteiger partial charge in [0.25, 0.3) is 0 Å². The normalized spacial score (nSPS) is 14.2. The standard InChI is InChI=1S/C12H10O2.C6H12/c13-11-5-1-9(2-6-11)10-3-7-12(14)8-4-10;1-2-4-6-5-3-1/h1-8,13-14H;1-6H2. The summed E-state index contributed by atoms with van der Waals surface area (Å²) in [5.41, 5.74) is 2.03. The quantitative estimate of drug-likeness (QED) is 0.756. The molecule has 2 N–H and O–H groups in total. The first-order chi connectivity index (χ1) is 9.75. The van der Waals surface area contributed by atoms with E-state index in [2.05, 4.69) is 0 Å². The van der Waals surface area contributed by atoms with Crippen molar-refractivity contribution < 1.29 is 10.2 Å². The highest BCUT2D eigenvalue weighted by Crippen LogP contribution is 2.23. The second kappa shape index (κ2) is 7.59. The van der Waals surface area contributed by atoms with Gasteiger partial charge < -0.3 is 10.2 Å². The fraction of sp³-hybridized carbons (Fsp3) is 0.333. The van der Waals surface area contributed by atoms with E-state index in [4.69, 9.17) is 10.2 Å². The SMILES string of the molecule is C1CCCCC1.Oc1ccc(-c2ccc(O)cc2)cc1. The summed E-state index contributed by atoms with van der Waals surface area (Å²) in [6.45, 7) is 0. The Labute approximate surface area is 120 Å². The van der Waals surface area contributed by atoms with Gasteiger partial charge in [-0.3, -0.25) is 0 Å². The number of benzene rings is 2. The summed E-state index contributed by atoms with van der Waals surface area (Å²) in [5.74, 6) is 0.514. The van der Waals surface area contributed by atoms with E-state index in [1.54, 1.807) is 24.3 Å². The molecule has 0 spiro atoms. The van der Waals surface area contributed by atoms with Gasteiger partial charge in [-0.25, -0.2) is 0 Å². The van der Waals surface area contributed by atoms with Crippen LogP contribution in [0.2, 0.25) is 0 Å². The summed E-state index contributed by atoms with van der Waals surface area (Å²) in [6.07, 6.45) is 9.00. The molecular weight excluding hydrogens is 248 g/mol. The van der Waals surface area contributed by atoms with Crippen LogP contribution < -0.4 is 0 Å². The van der Waals surface area contributed by atoms with Crippen LogP contribution in [0.5, 0.6) is 11.5 Å². The largest absolute Gasteiger partial charge is 0.508 e. The zero-order valence-electron chi connectivity index (χ0n) is 11.8. The third-order valence-corrected chi connectivity index (χ3v) is 3.57. The number of phenolic OH excluding ortho intramolecular Hbond substituents is 2. The second-order valence-electron chi connectivity index (χ2n) is 5.22. The van der Waals surface area contributed by atoms with Gasteiger partial charge in [-0.2, -0.15) is 0 Å². The molecule has 0 bridgehead atoms. The van der Waals surface area contributed by atoms with Gasteiger partial charge in [-0.1, -0.05) is 62.8 Å². The number of aromatic hydroxyl groups is 2. The van der Waals surface area contributed by atoms with Crippen LogP contribution in [0, 0.1) is 0 Å². The smallest absolute Gasteiger partial charge is 0.115 e. The highest BCUT2D eigenvalue weighted by Gasteiger charge is 1.97. The van der Waals surface area contributed by atoms with E-state index in [0.29, 0.717) is 0 Å². The molecule has 20 heavy (non-hydrogen) atoms. The van der Waals surface area contributed by atoms with Crippen LogP contribution in [0.15, 0.2) is 48.5 Å². The lowest BCUT2D eigenvalue weighted by Crippen LogP contribution is -1.85. The molecule has 2 heteroatoms. The first kappa shape index (κ1) is 14.4. The van der Waals surface area contributed by atoms with Crippen molar-refractivity contribution in [2.45, 2.75) is 38.5 Å². The molecule has 0 aliphatic heterocycles. The minimum atomic E-state index is 0.257. The number of hydrogen-bond donors (Lipinski definition) is 2. The van der Waals surface area contributed by atoms with Gasteiger partial charge in [0.1, 0.15) is 11.5 Å². The fourth-order valence-electron chi connectivity index (χ4n) is 2.37. The molecule has 106 valence electrons. The predicted octanol–water partition coefficient (Wildman–Crippen LogP) is 5.11. The summed E-state index contributed by atoms with van der Waals surface area (Å²) < 4.78 is 0. The second-order valence-corrected chi connectivity index (χ2v) is 5.22. The van der Waals surface area contributed by atoms with Crippen LogP contribution >= 0.6 is 0 Å². The van der Waals surface area contributed by atoms with Crippen molar-refractivity contribution in [3.05, 3.63) is 48.5 Å². The molecule has 0 atom stereocenters. The van der Waals surface area contributed by atoms with Crippen LogP contribution in [0.1, 0.15) is 38.5 Å². The Hall–Kier alpha value is -1.96. The summed E-state index contributed by atoms with van der Waals surface area (Å²) in [7, 11) is 0. The van der Waals surface area contributed by atoms with Gasteiger partial charge in [0.15, 0.2) is 0 Å². The lowest BCUT2D eigenvalue weighted by atomic mass is 10.0. The molecule has 0 aromatic heterocycles. The Morgan fingerprint density at radius 2 is 0.700 bits per heavy atom. The topological polar surface area (TPSA) is 40.5 Å². The first-order valence-corrected chi connectivity index (χ1v) is 7.34. The molecule has 1 fully saturated rings. The van der Waals surface area contributed by atoms with Gasteiger partial charge >= 0.3 is 0 Å². The Bertz CT molecular complexity index is 441. The van der Waals surface area contributed by atoms with Crippen LogP contribution in [0.3, 0.4) is 0 Å². The van der Waals surface area contributed by atoms with Gasteiger partial charge in [-0.05, 0) is 35.4 Å². The maximum absolute atomic E-state index is 9.11. The minimum absolute atomic E-state index is 0.257. The Morgan fingerprint density at radius 3 is 0.950 bits per heavy atom. The zero-order valence-corrected chi connectivity index (χ0v) is 11.8. The van der Waals surface area contributed by atoms with Gasteiger partial charge in [-0.15, -0.1) is 0 Å². The average Bonchev–Trinajstić information content (AvgIpc) is 2.51. The van der Waals surface area contributed by atoms with Crippen molar-refractivity contribution in [1.82, 2.24) is 0 Å². The molecule has 0 amide bonds. The van der Waals surface area contributed by atoms with Crippen molar-refractivity contribution in [1.29, 1.82) is 0 Å². The lowest BCUT2D eigenvalue weighted by molar-refractivity contribution is 0.474. The van der Waals surface area contributed by atoms with Crippen molar-refractivity contribution in [3.63, 3.8) is 0 Å². The van der Waals surface area contributed by atoms with Crippen LogP contribution in [-0.4, -0.2) is 10.2 Å². The summed E-state index contributed by atoms with van der Waals surface area (Å²) >= 11 is 0. The highest BCUT2D eigenvalue weighted by atomic mass is 16.3. The van der Waals surface area contributed by atoms with Gasteiger partial charge in [0.05, 0.1) is 0 Å². The molecular formula is C18H22O2. The van der Waals surface area contributed by atoms with Crippen molar-refractivity contribution in [2.24, 2.45) is 0 Å². The van der Waals surface area contributed by atoms with E-state index in [1.807, 2.05) is 24.3 Å². The third-order valence-electron chi connectivity index (χ3n) is 3.57. The monoisotopic (exact) mass is 270 g/mol. The van der Waals surface area contributed by atoms with Crippen LogP contribution in [0.25, 0.3) is 11.1 Å². The summed E-state index contributed by atoms with van der Waals surface area (Å²) in [5, 5.41) is 18.2. The molecule has 0 unspecified atom stereocenters. The molecule has 2 nitrogen and oxygen atoms in total. The van der Waals surface area contributed by atoms with E-state index in [0.717, 1.165) is 11.1 Å². The van der Waals surface area contributed by atoms with Crippen LogP contribution in [0.4, 0.5) is 0 Å². The van der Waals surface area contributed by atoms with E-state index in [9.17, 15) is 0 Å². The summed E-state index contributed by atoms with van der Waals surface area (Å²) in [6, 6.07) is 13.9. The number of hydrogen-bond acceptors (Lipinski definition) is 2. The Balaban J connectivity index is 0.000000205. The molecule has 0 radical (unpaired) electrons. The summed E-state index contributed by atoms with van der Waals surface area (Å²) in [4.78, 5) is 0. The first-order valence-electron chi connectivity index (χ1n) is 7.34. The van der Waals surface area contributed by atoms with E-state index >= 15 is 0 Å². The Morgan fingerprint density at radius 1 is 0.450 bits per heavy atom. The van der Waals surface area contributed by atoms with Gasteiger partial charge in [0.2, 0.25) is 0 Å². The molecule has 3 rings (SSSR count). The van der Waals surface area contributed by atoms with Crippen LogP contribution in [-0.2, 0) is 0 Å². The fourth-order valence-corrected chi connectivity index (χ4v) is 2.37. The maximum atomic E-state index is 9.11. The molecule has 1 aliphatic carbocycles. The molecule has 0 heterocycles. The zero-order chi connectivity index (χ0) is 14.2. The number of phenols is 2. The van der Waals surface area contributed by atoms with Crippen molar-refractivity contribution in [3.8, 4) is 22.6 Å². The predicted molar refractivity (Wildman–Crippen MR) is 82.9 cm³/mol. The van der Waals surface area contributed by atoms with E-state index < -0.39 is 0 Å². The molecule has 1 aliphatic rings. The van der Waals surface area contributed by atoms with Crippen molar-refractivity contribution in [2.75, 3.05) is 0 Å². The molecule has 2 aromatic rings. The molecule has 2 aromatic carbocycles.